The van der Waals surface area contributed by atoms with Crippen molar-refractivity contribution in [1.82, 2.24) is 25.1 Å². The number of aromatic nitrogens is 4. The lowest BCUT2D eigenvalue weighted by Gasteiger charge is -2.24. The number of ether oxygens (including phenoxy) is 1. The topological polar surface area (TPSA) is 94.0 Å². The summed E-state index contributed by atoms with van der Waals surface area (Å²) in [5, 5.41) is 9.89. The smallest absolute Gasteiger partial charge is 0.371 e. The van der Waals surface area contributed by atoms with Gasteiger partial charge < -0.3 is 15.4 Å². The monoisotopic (exact) mass is 454 g/mol. The van der Waals surface area contributed by atoms with E-state index in [0.29, 0.717) is 18.5 Å². The molecule has 4 rings (SSSR count). The van der Waals surface area contributed by atoms with Crippen molar-refractivity contribution in [3.63, 3.8) is 0 Å². The van der Waals surface area contributed by atoms with Crippen LogP contribution in [0.25, 0.3) is 5.82 Å². The molecule has 1 fully saturated rings. The summed E-state index contributed by atoms with van der Waals surface area (Å²) in [4.78, 5) is 19.5. The van der Waals surface area contributed by atoms with Gasteiger partial charge in [0.2, 0.25) is 0 Å². The number of rotatable bonds is 4. The maximum atomic E-state index is 12.8. The Balaban J connectivity index is 0.00000272. The number of morpholine rings is 1. The normalized spacial score (nSPS) is 16.4. The van der Waals surface area contributed by atoms with E-state index in [9.17, 15) is 18.0 Å². The van der Waals surface area contributed by atoms with E-state index < -0.39 is 17.8 Å². The lowest BCUT2D eigenvalue weighted by Crippen LogP contribution is -2.33. The molecular weight excluding hydrogens is 437 g/mol. The van der Waals surface area contributed by atoms with E-state index in [4.69, 9.17) is 4.74 Å². The molecule has 1 aliphatic rings. The Hall–Kier alpha value is -3.02. The number of carbonyl (C=O) groups is 1. The molecule has 2 aromatic heterocycles. The highest BCUT2D eigenvalue weighted by atomic mass is 35.5. The van der Waals surface area contributed by atoms with Crippen molar-refractivity contribution in [3.8, 4) is 5.82 Å². The number of benzene rings is 1. The minimum Gasteiger partial charge on any atom is -0.371 e. The maximum absolute atomic E-state index is 12.8. The summed E-state index contributed by atoms with van der Waals surface area (Å²) in [6.45, 7) is 2.19. The predicted molar refractivity (Wildman–Crippen MR) is 107 cm³/mol. The zero-order valence-corrected chi connectivity index (χ0v) is 16.8. The number of hydrogen-bond donors (Lipinski definition) is 2. The first-order valence-electron chi connectivity index (χ1n) is 9.08. The Labute approximate surface area is 181 Å². The van der Waals surface area contributed by atoms with Crippen LogP contribution in [0.2, 0.25) is 0 Å². The first-order chi connectivity index (χ1) is 14.4. The van der Waals surface area contributed by atoms with Crippen molar-refractivity contribution in [2.24, 2.45) is 0 Å². The average molecular weight is 455 g/mol. The van der Waals surface area contributed by atoms with E-state index in [-0.39, 0.29) is 29.9 Å². The fourth-order valence-corrected chi connectivity index (χ4v) is 2.93. The van der Waals surface area contributed by atoms with Crippen molar-refractivity contribution in [3.05, 3.63) is 65.9 Å². The quantitative estimate of drug-likeness (QED) is 0.629. The molecular formula is C19H18ClF3N6O2. The molecule has 164 valence electrons. The molecule has 0 spiro atoms. The highest BCUT2D eigenvalue weighted by Crippen LogP contribution is 2.27. The van der Waals surface area contributed by atoms with Crippen LogP contribution in [0.1, 0.15) is 27.7 Å². The molecule has 1 atom stereocenters. The van der Waals surface area contributed by atoms with Crippen molar-refractivity contribution >= 4 is 24.0 Å². The minimum absolute atomic E-state index is 0. The number of carbonyl (C=O) groups excluding carboxylic acids is 1. The van der Waals surface area contributed by atoms with Gasteiger partial charge in [-0.1, -0.05) is 12.1 Å². The zero-order chi connectivity index (χ0) is 21.1. The van der Waals surface area contributed by atoms with Crippen molar-refractivity contribution in [2.45, 2.75) is 12.3 Å². The molecule has 1 saturated heterocycles. The number of anilines is 1. The van der Waals surface area contributed by atoms with Crippen molar-refractivity contribution in [2.75, 3.05) is 25.0 Å². The number of nitrogens with zero attached hydrogens (tertiary/aromatic N) is 4. The summed E-state index contributed by atoms with van der Waals surface area (Å²) in [7, 11) is 0. The van der Waals surface area contributed by atoms with Gasteiger partial charge in [0.25, 0.3) is 5.91 Å². The van der Waals surface area contributed by atoms with Crippen LogP contribution in [0.5, 0.6) is 0 Å². The van der Waals surface area contributed by atoms with Gasteiger partial charge in [-0.05, 0) is 17.7 Å². The molecule has 2 N–H and O–H groups in total. The molecule has 31 heavy (non-hydrogen) atoms. The van der Waals surface area contributed by atoms with Gasteiger partial charge in [-0.25, -0.2) is 9.67 Å². The fraction of sp³-hybridized carbons (Fsp3) is 0.263. The van der Waals surface area contributed by atoms with Gasteiger partial charge in [-0.3, -0.25) is 9.78 Å². The highest BCUT2D eigenvalue weighted by Gasteiger charge is 2.33. The molecule has 0 radical (unpaired) electrons. The number of hydrogen-bond acceptors (Lipinski definition) is 6. The summed E-state index contributed by atoms with van der Waals surface area (Å²) in [6, 6.07) is 7.26. The van der Waals surface area contributed by atoms with Crippen LogP contribution < -0.4 is 10.6 Å². The Bertz CT molecular complexity index is 1040. The van der Waals surface area contributed by atoms with Gasteiger partial charge in [0, 0.05) is 25.0 Å². The van der Waals surface area contributed by atoms with E-state index in [1.807, 2.05) is 12.1 Å². The van der Waals surface area contributed by atoms with E-state index in [1.54, 1.807) is 12.1 Å². The van der Waals surface area contributed by atoms with Gasteiger partial charge in [-0.2, -0.15) is 18.3 Å². The van der Waals surface area contributed by atoms with Crippen LogP contribution in [0.4, 0.5) is 18.9 Å². The first-order valence-corrected chi connectivity index (χ1v) is 9.08. The predicted octanol–water partition coefficient (Wildman–Crippen LogP) is 3.02. The van der Waals surface area contributed by atoms with E-state index >= 15 is 0 Å². The lowest BCUT2D eigenvalue weighted by atomic mass is 10.1. The number of amides is 1. The van der Waals surface area contributed by atoms with Crippen LogP contribution in [0, 0.1) is 0 Å². The minimum atomic E-state index is -4.62. The number of halogens is 4. The number of alkyl halides is 3. The molecule has 0 unspecified atom stereocenters. The summed E-state index contributed by atoms with van der Waals surface area (Å²) < 4.78 is 45.1. The third-order valence-electron chi connectivity index (χ3n) is 4.46. The van der Waals surface area contributed by atoms with Gasteiger partial charge in [0.15, 0.2) is 11.5 Å². The Kier molecular flexibility index (Phi) is 6.88. The molecule has 8 nitrogen and oxygen atoms in total. The van der Waals surface area contributed by atoms with Crippen LogP contribution in [-0.4, -0.2) is 45.4 Å². The van der Waals surface area contributed by atoms with Gasteiger partial charge in [0.05, 0.1) is 36.9 Å². The van der Waals surface area contributed by atoms with Crippen LogP contribution in [0.15, 0.2) is 49.1 Å². The molecule has 3 aromatic rings. The summed E-state index contributed by atoms with van der Waals surface area (Å²) in [5.41, 5.74) is 0.590. The molecule has 1 amide bonds. The largest absolute Gasteiger partial charge is 0.434 e. The van der Waals surface area contributed by atoms with E-state index in [2.05, 4.69) is 25.7 Å². The molecule has 1 aliphatic heterocycles. The van der Waals surface area contributed by atoms with Crippen LogP contribution >= 0.6 is 12.4 Å². The van der Waals surface area contributed by atoms with Crippen molar-refractivity contribution < 1.29 is 22.7 Å². The molecule has 12 heteroatoms. The first kappa shape index (κ1) is 22.7. The van der Waals surface area contributed by atoms with Gasteiger partial charge >= 0.3 is 6.18 Å². The standard InChI is InChI=1S/C19H17F3N6O2.ClH/c20-19(21,22)16-9-24-10-17(27-16)28-11-13(7-25-28)18(29)26-14-3-1-12(2-4-14)15-8-23-5-6-30-15;/h1-4,7,9-11,15,23H,5-6,8H2,(H,26,29);1H/t15-;/m1./s1. The Morgan fingerprint density at radius 2 is 1.97 bits per heavy atom. The highest BCUT2D eigenvalue weighted by molar-refractivity contribution is 6.03. The van der Waals surface area contributed by atoms with E-state index in [1.165, 1.54) is 12.4 Å². The second-order valence-corrected chi connectivity index (χ2v) is 6.57. The maximum Gasteiger partial charge on any atom is 0.434 e. The van der Waals surface area contributed by atoms with Crippen LogP contribution in [0.3, 0.4) is 0 Å². The molecule has 1 aromatic carbocycles. The van der Waals surface area contributed by atoms with Crippen LogP contribution in [-0.2, 0) is 10.9 Å². The molecule has 0 saturated carbocycles. The third-order valence-corrected chi connectivity index (χ3v) is 4.46. The van der Waals surface area contributed by atoms with E-state index in [0.717, 1.165) is 29.5 Å². The zero-order valence-electron chi connectivity index (χ0n) is 16.0. The molecule has 0 aliphatic carbocycles. The second kappa shape index (κ2) is 9.41. The van der Waals surface area contributed by atoms with Gasteiger partial charge in [-0.15, -0.1) is 12.4 Å². The lowest BCUT2D eigenvalue weighted by molar-refractivity contribution is -0.141. The Morgan fingerprint density at radius 1 is 1.19 bits per heavy atom. The fourth-order valence-electron chi connectivity index (χ4n) is 2.93. The second-order valence-electron chi connectivity index (χ2n) is 6.57. The Morgan fingerprint density at radius 3 is 2.65 bits per heavy atom. The summed E-state index contributed by atoms with van der Waals surface area (Å²) in [5.74, 6) is -0.598. The average Bonchev–Trinajstić information content (AvgIpc) is 3.25. The van der Waals surface area contributed by atoms with Crippen molar-refractivity contribution in [1.29, 1.82) is 0 Å². The molecule has 3 heterocycles. The van der Waals surface area contributed by atoms with Gasteiger partial charge in [0.1, 0.15) is 0 Å². The SMILES string of the molecule is Cl.O=C(Nc1ccc([C@H]2CNCCO2)cc1)c1cnn(-c2cncc(C(F)(F)F)n2)c1. The number of nitrogens with one attached hydrogen (secondary N) is 2. The summed E-state index contributed by atoms with van der Waals surface area (Å²) in [6.07, 6.45) is -0.372. The summed E-state index contributed by atoms with van der Waals surface area (Å²) >= 11 is 0. The molecule has 0 bridgehead atoms. The third kappa shape index (κ3) is 5.37.